The summed E-state index contributed by atoms with van der Waals surface area (Å²) in [6, 6.07) is 12.3. The highest BCUT2D eigenvalue weighted by molar-refractivity contribution is 14.0. The monoisotopic (exact) mass is 527 g/mol. The number of nitrogens with one attached hydrogen (secondary N) is 1. The van der Waals surface area contributed by atoms with Crippen molar-refractivity contribution in [2.75, 3.05) is 48.5 Å². The molecule has 1 N–H and O–H groups in total. The number of nitrogens with zero attached hydrogens (tertiary/aromatic N) is 2. The Labute approximate surface area is 197 Å². The normalized spacial score (nSPS) is 10.8. The second-order valence-corrected chi connectivity index (χ2v) is 6.90. The summed E-state index contributed by atoms with van der Waals surface area (Å²) in [6.45, 7) is 3.72. The SMILES string of the molecule is CN=C(NCCc1cc(C)ccc1OC)N(C)CCc1ccc(OC)c(OC)c1.I. The highest BCUT2D eigenvalue weighted by Gasteiger charge is 2.09. The molecule has 0 heterocycles. The minimum atomic E-state index is 0. The van der Waals surface area contributed by atoms with Gasteiger partial charge in [-0.15, -0.1) is 24.0 Å². The lowest BCUT2D eigenvalue weighted by molar-refractivity contribution is 0.354. The summed E-state index contributed by atoms with van der Waals surface area (Å²) >= 11 is 0. The molecule has 0 amide bonds. The van der Waals surface area contributed by atoms with E-state index in [4.69, 9.17) is 14.2 Å². The Morgan fingerprint density at radius 3 is 2.23 bits per heavy atom. The van der Waals surface area contributed by atoms with Crippen molar-refractivity contribution in [2.24, 2.45) is 4.99 Å². The van der Waals surface area contributed by atoms with E-state index in [1.807, 2.05) is 32.3 Å². The number of hydrogen-bond donors (Lipinski definition) is 1. The second kappa shape index (κ2) is 13.2. The summed E-state index contributed by atoms with van der Waals surface area (Å²) in [5, 5.41) is 3.44. The molecule has 166 valence electrons. The van der Waals surface area contributed by atoms with E-state index in [0.29, 0.717) is 0 Å². The van der Waals surface area contributed by atoms with E-state index in [0.717, 1.165) is 49.1 Å². The number of ether oxygens (including phenoxy) is 3. The van der Waals surface area contributed by atoms with Crippen LogP contribution in [0.25, 0.3) is 0 Å². The number of guanidine groups is 1. The molecule has 30 heavy (non-hydrogen) atoms. The predicted octanol–water partition coefficient (Wildman–Crippen LogP) is 3.93. The van der Waals surface area contributed by atoms with Gasteiger partial charge in [0.1, 0.15) is 5.75 Å². The van der Waals surface area contributed by atoms with E-state index in [2.05, 4.69) is 40.3 Å². The molecule has 0 aliphatic carbocycles. The summed E-state index contributed by atoms with van der Waals surface area (Å²) in [5.74, 6) is 3.29. The molecule has 0 atom stereocenters. The Hall–Kier alpha value is -2.16. The van der Waals surface area contributed by atoms with Crippen LogP contribution >= 0.6 is 24.0 Å². The molecule has 2 rings (SSSR count). The highest BCUT2D eigenvalue weighted by atomic mass is 127. The first kappa shape index (κ1) is 25.9. The van der Waals surface area contributed by atoms with Gasteiger partial charge in [-0.25, -0.2) is 0 Å². The number of likely N-dealkylation sites (N-methyl/N-ethyl adjacent to an activating group) is 1. The summed E-state index contributed by atoms with van der Waals surface area (Å²) in [6.07, 6.45) is 1.75. The molecular weight excluding hydrogens is 493 g/mol. The molecule has 0 spiro atoms. The number of aryl methyl sites for hydroxylation is 1. The molecule has 0 bridgehead atoms. The zero-order chi connectivity index (χ0) is 21.2. The van der Waals surface area contributed by atoms with Crippen molar-refractivity contribution in [3.05, 3.63) is 53.1 Å². The Kier molecular flexibility index (Phi) is 11.4. The van der Waals surface area contributed by atoms with Crippen molar-refractivity contribution in [1.29, 1.82) is 0 Å². The average molecular weight is 527 g/mol. The van der Waals surface area contributed by atoms with E-state index in [1.54, 1.807) is 21.3 Å². The molecule has 6 nitrogen and oxygen atoms in total. The summed E-state index contributed by atoms with van der Waals surface area (Å²) < 4.78 is 16.2. The molecule has 0 aromatic heterocycles. The third-order valence-corrected chi connectivity index (χ3v) is 4.87. The van der Waals surface area contributed by atoms with Crippen LogP contribution in [0, 0.1) is 6.92 Å². The average Bonchev–Trinajstić information content (AvgIpc) is 2.74. The van der Waals surface area contributed by atoms with Crippen LogP contribution in [0.4, 0.5) is 0 Å². The highest BCUT2D eigenvalue weighted by Crippen LogP contribution is 2.27. The molecule has 0 saturated heterocycles. The van der Waals surface area contributed by atoms with E-state index in [9.17, 15) is 0 Å². The molecule has 7 heteroatoms. The van der Waals surface area contributed by atoms with Crippen molar-refractivity contribution in [1.82, 2.24) is 10.2 Å². The maximum atomic E-state index is 5.47. The predicted molar refractivity (Wildman–Crippen MR) is 134 cm³/mol. The van der Waals surface area contributed by atoms with E-state index < -0.39 is 0 Å². The van der Waals surface area contributed by atoms with Crippen molar-refractivity contribution < 1.29 is 14.2 Å². The van der Waals surface area contributed by atoms with Crippen LogP contribution in [0.2, 0.25) is 0 Å². The standard InChI is InChI=1S/C23H33N3O3.HI/c1-17-7-9-20(27-4)19(15-17)11-13-25-23(24-2)26(3)14-12-18-8-10-21(28-5)22(16-18)29-6;/h7-10,15-16H,11-14H2,1-6H3,(H,24,25);1H. The second-order valence-electron chi connectivity index (χ2n) is 6.90. The van der Waals surface area contributed by atoms with Gasteiger partial charge in [0, 0.05) is 27.2 Å². The Bertz CT molecular complexity index is 827. The Morgan fingerprint density at radius 1 is 0.933 bits per heavy atom. The number of halogens is 1. The van der Waals surface area contributed by atoms with Crippen LogP contribution in [-0.4, -0.2) is 59.4 Å². The Morgan fingerprint density at radius 2 is 1.60 bits per heavy atom. The molecule has 0 aliphatic rings. The van der Waals surface area contributed by atoms with Crippen molar-refractivity contribution in [3.63, 3.8) is 0 Å². The topological polar surface area (TPSA) is 55.3 Å². The number of aliphatic imine (C=N–C) groups is 1. The molecule has 2 aromatic rings. The van der Waals surface area contributed by atoms with E-state index in [1.165, 1.54) is 16.7 Å². The maximum Gasteiger partial charge on any atom is 0.193 e. The quantitative estimate of drug-likeness (QED) is 0.304. The van der Waals surface area contributed by atoms with Gasteiger partial charge in [0.2, 0.25) is 0 Å². The van der Waals surface area contributed by atoms with Crippen molar-refractivity contribution in [2.45, 2.75) is 19.8 Å². The van der Waals surface area contributed by atoms with Gasteiger partial charge in [0.05, 0.1) is 21.3 Å². The lowest BCUT2D eigenvalue weighted by atomic mass is 10.1. The van der Waals surface area contributed by atoms with Gasteiger partial charge >= 0.3 is 0 Å². The molecule has 0 radical (unpaired) electrons. The molecular formula is C23H34IN3O3. The first-order chi connectivity index (χ1) is 14.0. The minimum absolute atomic E-state index is 0. The first-order valence-corrected chi connectivity index (χ1v) is 9.78. The molecule has 0 fully saturated rings. The van der Waals surface area contributed by atoms with Gasteiger partial charge in [0.15, 0.2) is 17.5 Å². The van der Waals surface area contributed by atoms with Gasteiger partial charge < -0.3 is 24.4 Å². The fourth-order valence-corrected chi connectivity index (χ4v) is 3.24. The van der Waals surface area contributed by atoms with Gasteiger partial charge in [-0.05, 0) is 49.1 Å². The summed E-state index contributed by atoms with van der Waals surface area (Å²) in [7, 11) is 8.87. The maximum absolute atomic E-state index is 5.47. The number of rotatable bonds is 9. The summed E-state index contributed by atoms with van der Waals surface area (Å²) in [4.78, 5) is 6.54. The van der Waals surface area contributed by atoms with E-state index >= 15 is 0 Å². The fourth-order valence-electron chi connectivity index (χ4n) is 3.24. The lowest BCUT2D eigenvalue weighted by Gasteiger charge is -2.22. The van der Waals surface area contributed by atoms with Crippen LogP contribution in [0.5, 0.6) is 17.2 Å². The smallest absolute Gasteiger partial charge is 0.193 e. The summed E-state index contributed by atoms with van der Waals surface area (Å²) in [5.41, 5.74) is 3.62. The van der Waals surface area contributed by atoms with Crippen molar-refractivity contribution >= 4 is 29.9 Å². The fraction of sp³-hybridized carbons (Fsp3) is 0.435. The zero-order valence-electron chi connectivity index (χ0n) is 18.8. The minimum Gasteiger partial charge on any atom is -0.496 e. The van der Waals surface area contributed by atoms with Crippen LogP contribution < -0.4 is 19.5 Å². The van der Waals surface area contributed by atoms with Crippen molar-refractivity contribution in [3.8, 4) is 17.2 Å². The third kappa shape index (κ3) is 7.27. The van der Waals surface area contributed by atoms with Crippen LogP contribution in [-0.2, 0) is 12.8 Å². The number of hydrogen-bond acceptors (Lipinski definition) is 4. The number of methoxy groups -OCH3 is 3. The van der Waals surface area contributed by atoms with Gasteiger partial charge in [0.25, 0.3) is 0 Å². The van der Waals surface area contributed by atoms with Gasteiger partial charge in [-0.2, -0.15) is 0 Å². The Balaban J connectivity index is 0.00000450. The number of benzene rings is 2. The third-order valence-electron chi connectivity index (χ3n) is 4.87. The molecule has 0 saturated carbocycles. The largest absolute Gasteiger partial charge is 0.496 e. The molecule has 2 aromatic carbocycles. The van der Waals surface area contributed by atoms with Crippen LogP contribution in [0.15, 0.2) is 41.4 Å². The molecule has 0 aliphatic heterocycles. The van der Waals surface area contributed by atoms with Gasteiger partial charge in [-0.3, -0.25) is 4.99 Å². The van der Waals surface area contributed by atoms with Gasteiger partial charge in [-0.1, -0.05) is 23.8 Å². The first-order valence-electron chi connectivity index (χ1n) is 9.78. The molecule has 0 unspecified atom stereocenters. The lowest BCUT2D eigenvalue weighted by Crippen LogP contribution is -2.40. The van der Waals surface area contributed by atoms with Crippen LogP contribution in [0.3, 0.4) is 0 Å². The van der Waals surface area contributed by atoms with Crippen LogP contribution in [0.1, 0.15) is 16.7 Å². The van der Waals surface area contributed by atoms with E-state index in [-0.39, 0.29) is 24.0 Å². The zero-order valence-corrected chi connectivity index (χ0v) is 21.2.